The van der Waals surface area contributed by atoms with E-state index in [4.69, 9.17) is 11.6 Å². The number of nitrogens with zero attached hydrogens (tertiary/aromatic N) is 1. The topological polar surface area (TPSA) is 3.24 Å². The van der Waals surface area contributed by atoms with Crippen LogP contribution in [0.5, 0.6) is 0 Å². The van der Waals surface area contributed by atoms with Gasteiger partial charge in [0, 0.05) is 17.1 Å². The van der Waals surface area contributed by atoms with E-state index in [2.05, 4.69) is 24.1 Å². The summed E-state index contributed by atoms with van der Waals surface area (Å²) in [4.78, 5) is 2.59. The van der Waals surface area contributed by atoms with E-state index in [1.807, 2.05) is 12.1 Å². The zero-order chi connectivity index (χ0) is 11.1. The maximum absolute atomic E-state index is 5.94. The van der Waals surface area contributed by atoms with E-state index in [1.54, 1.807) is 0 Å². The monoisotopic (exact) mass is 235 g/mol. The maximum Gasteiger partial charge on any atom is 0.0406 e. The molecule has 0 spiro atoms. The molecule has 2 saturated heterocycles. The Balaban J connectivity index is 1.80. The number of rotatable bonds is 1. The molecule has 0 amide bonds. The molecule has 0 saturated carbocycles. The van der Waals surface area contributed by atoms with Crippen molar-refractivity contribution in [1.82, 2.24) is 4.90 Å². The third kappa shape index (κ3) is 1.76. The maximum atomic E-state index is 5.94. The minimum Gasteiger partial charge on any atom is -0.300 e. The van der Waals surface area contributed by atoms with Crippen LogP contribution in [0.15, 0.2) is 24.3 Å². The SMILES string of the molecule is CN1[C@@H]2CC[C@@H]1CC(c1ccc(Cl)cc1)C2. The molecule has 2 heterocycles. The van der Waals surface area contributed by atoms with Crippen molar-refractivity contribution in [2.24, 2.45) is 0 Å². The summed E-state index contributed by atoms with van der Waals surface area (Å²) in [5.41, 5.74) is 1.48. The van der Waals surface area contributed by atoms with E-state index in [1.165, 1.54) is 31.2 Å². The van der Waals surface area contributed by atoms with Gasteiger partial charge in [-0.3, -0.25) is 0 Å². The highest BCUT2D eigenvalue weighted by Gasteiger charge is 2.38. The highest BCUT2D eigenvalue weighted by molar-refractivity contribution is 6.30. The van der Waals surface area contributed by atoms with Crippen molar-refractivity contribution in [3.8, 4) is 0 Å². The molecule has 0 radical (unpaired) electrons. The first-order valence-electron chi connectivity index (χ1n) is 6.21. The van der Waals surface area contributed by atoms with Gasteiger partial charge in [0.05, 0.1) is 0 Å². The molecule has 0 unspecified atom stereocenters. The van der Waals surface area contributed by atoms with Gasteiger partial charge in [0.2, 0.25) is 0 Å². The number of hydrogen-bond donors (Lipinski definition) is 0. The summed E-state index contributed by atoms with van der Waals surface area (Å²) in [5, 5.41) is 0.847. The third-order valence-electron chi connectivity index (χ3n) is 4.44. The second-order valence-corrected chi connectivity index (χ2v) is 5.71. The van der Waals surface area contributed by atoms with Gasteiger partial charge in [-0.1, -0.05) is 23.7 Å². The molecule has 1 nitrogen and oxygen atoms in total. The molecular weight excluding hydrogens is 218 g/mol. The number of piperidine rings is 1. The van der Waals surface area contributed by atoms with Gasteiger partial charge in [-0.25, -0.2) is 0 Å². The Kier molecular flexibility index (Phi) is 2.68. The van der Waals surface area contributed by atoms with E-state index >= 15 is 0 Å². The van der Waals surface area contributed by atoms with Crippen molar-refractivity contribution in [3.05, 3.63) is 34.9 Å². The van der Waals surface area contributed by atoms with E-state index in [-0.39, 0.29) is 0 Å². The first kappa shape index (κ1) is 10.6. The van der Waals surface area contributed by atoms with Crippen LogP contribution >= 0.6 is 11.6 Å². The van der Waals surface area contributed by atoms with Gasteiger partial charge in [-0.2, -0.15) is 0 Å². The quantitative estimate of drug-likeness (QED) is 0.718. The Hall–Kier alpha value is -0.530. The zero-order valence-electron chi connectivity index (χ0n) is 9.70. The van der Waals surface area contributed by atoms with Gasteiger partial charge in [0.25, 0.3) is 0 Å². The zero-order valence-corrected chi connectivity index (χ0v) is 10.5. The smallest absolute Gasteiger partial charge is 0.0406 e. The lowest BCUT2D eigenvalue weighted by atomic mass is 9.85. The minimum atomic E-state index is 0.756. The summed E-state index contributed by atoms with van der Waals surface area (Å²) < 4.78 is 0. The number of hydrogen-bond acceptors (Lipinski definition) is 1. The van der Waals surface area contributed by atoms with Crippen molar-refractivity contribution in [2.75, 3.05) is 7.05 Å². The summed E-state index contributed by atoms with van der Waals surface area (Å²) >= 11 is 5.94. The highest BCUT2D eigenvalue weighted by atomic mass is 35.5. The average molecular weight is 236 g/mol. The lowest BCUT2D eigenvalue weighted by Gasteiger charge is -2.36. The standard InChI is InChI=1S/C14H18ClN/c1-16-13-6-7-14(16)9-11(8-13)10-2-4-12(15)5-3-10/h2-5,11,13-14H,6-9H2,1H3/t13-,14-/m1/s1. The Morgan fingerprint density at radius 3 is 2.19 bits per heavy atom. The van der Waals surface area contributed by atoms with Crippen LogP contribution in [0.4, 0.5) is 0 Å². The van der Waals surface area contributed by atoms with Crippen LogP contribution in [0.25, 0.3) is 0 Å². The van der Waals surface area contributed by atoms with Crippen LogP contribution in [0, 0.1) is 0 Å². The summed E-state index contributed by atoms with van der Waals surface area (Å²) in [7, 11) is 2.29. The first-order chi connectivity index (χ1) is 7.74. The summed E-state index contributed by atoms with van der Waals surface area (Å²) in [6, 6.07) is 10.1. The average Bonchev–Trinajstić information content (AvgIpc) is 2.54. The van der Waals surface area contributed by atoms with Crippen LogP contribution in [0.1, 0.15) is 37.2 Å². The van der Waals surface area contributed by atoms with Gasteiger partial charge >= 0.3 is 0 Å². The fraction of sp³-hybridized carbons (Fsp3) is 0.571. The summed E-state index contributed by atoms with van der Waals surface area (Å²) in [5.74, 6) is 0.756. The molecule has 3 rings (SSSR count). The number of halogens is 1. The Morgan fingerprint density at radius 2 is 1.62 bits per heavy atom. The lowest BCUT2D eigenvalue weighted by Crippen LogP contribution is -2.39. The van der Waals surface area contributed by atoms with E-state index in [9.17, 15) is 0 Å². The predicted octanol–water partition coefficient (Wildman–Crippen LogP) is 3.68. The van der Waals surface area contributed by atoms with Crippen LogP contribution in [0.2, 0.25) is 5.02 Å². The number of fused-ring (bicyclic) bond motifs is 2. The molecule has 0 N–H and O–H groups in total. The van der Waals surface area contributed by atoms with Crippen molar-refractivity contribution in [2.45, 2.75) is 43.7 Å². The third-order valence-corrected chi connectivity index (χ3v) is 4.69. The van der Waals surface area contributed by atoms with Crippen LogP contribution < -0.4 is 0 Å². The fourth-order valence-electron chi connectivity index (χ4n) is 3.42. The Bertz CT molecular complexity index is 359. The van der Waals surface area contributed by atoms with Gasteiger partial charge < -0.3 is 4.90 Å². The van der Waals surface area contributed by atoms with E-state index < -0.39 is 0 Å². The lowest BCUT2D eigenvalue weighted by molar-refractivity contribution is 0.161. The van der Waals surface area contributed by atoms with Gasteiger partial charge in [-0.05, 0) is 56.3 Å². The van der Waals surface area contributed by atoms with Gasteiger partial charge in [-0.15, -0.1) is 0 Å². The molecule has 16 heavy (non-hydrogen) atoms. The fourth-order valence-corrected chi connectivity index (χ4v) is 3.54. The summed E-state index contributed by atoms with van der Waals surface area (Å²) in [6.45, 7) is 0. The minimum absolute atomic E-state index is 0.756. The second-order valence-electron chi connectivity index (χ2n) is 5.27. The van der Waals surface area contributed by atoms with Crippen molar-refractivity contribution in [3.63, 3.8) is 0 Å². The molecule has 0 aromatic heterocycles. The largest absolute Gasteiger partial charge is 0.300 e. The van der Waals surface area contributed by atoms with Crippen molar-refractivity contribution in [1.29, 1.82) is 0 Å². The normalized spacial score (nSPS) is 34.2. The molecule has 0 aliphatic carbocycles. The molecule has 86 valence electrons. The summed E-state index contributed by atoms with van der Waals surface area (Å²) in [6.07, 6.45) is 5.44. The molecule has 2 aliphatic rings. The van der Waals surface area contributed by atoms with Crippen LogP contribution in [-0.4, -0.2) is 24.0 Å². The van der Waals surface area contributed by atoms with Gasteiger partial charge in [0.1, 0.15) is 0 Å². The van der Waals surface area contributed by atoms with E-state index in [0.717, 1.165) is 23.0 Å². The Labute approximate surface area is 102 Å². The molecule has 2 fully saturated rings. The predicted molar refractivity (Wildman–Crippen MR) is 68.0 cm³/mol. The number of benzene rings is 1. The first-order valence-corrected chi connectivity index (χ1v) is 6.59. The highest BCUT2D eigenvalue weighted by Crippen LogP contribution is 2.42. The van der Waals surface area contributed by atoms with Crippen LogP contribution in [-0.2, 0) is 0 Å². The molecule has 2 heteroatoms. The molecule has 2 atom stereocenters. The van der Waals surface area contributed by atoms with E-state index in [0.29, 0.717) is 0 Å². The Morgan fingerprint density at radius 1 is 1.06 bits per heavy atom. The second kappa shape index (κ2) is 4.05. The van der Waals surface area contributed by atoms with Crippen molar-refractivity contribution >= 4 is 11.6 Å². The van der Waals surface area contributed by atoms with Gasteiger partial charge in [0.15, 0.2) is 0 Å². The molecular formula is C14H18ClN. The molecule has 1 aromatic carbocycles. The van der Waals surface area contributed by atoms with Crippen LogP contribution in [0.3, 0.4) is 0 Å². The van der Waals surface area contributed by atoms with Crippen molar-refractivity contribution < 1.29 is 0 Å². The molecule has 1 aromatic rings. The molecule has 2 bridgehead atoms. The molecule has 2 aliphatic heterocycles.